The van der Waals surface area contributed by atoms with Gasteiger partial charge in [-0.2, -0.15) is 0 Å². The zero-order valence-electron chi connectivity index (χ0n) is 8.75. The Morgan fingerprint density at radius 3 is 2.21 bits per heavy atom. The molecule has 0 bridgehead atoms. The van der Waals surface area contributed by atoms with Crippen molar-refractivity contribution < 1.29 is 5.11 Å². The summed E-state index contributed by atoms with van der Waals surface area (Å²) < 4.78 is 0. The lowest BCUT2D eigenvalue weighted by Gasteiger charge is -2.13. The van der Waals surface area contributed by atoms with Crippen molar-refractivity contribution in [2.45, 2.75) is 26.3 Å². The smallest absolute Gasteiger partial charge is 0.121 e. The van der Waals surface area contributed by atoms with E-state index in [9.17, 15) is 5.11 Å². The SMILES string of the molecule is Cc1cc(C(N)CCN)cc(C)c1O. The number of benzene rings is 1. The molecular formula is C11H18N2O. The fourth-order valence-electron chi connectivity index (χ4n) is 1.55. The molecule has 1 aromatic rings. The molecule has 1 aromatic carbocycles. The minimum atomic E-state index is -0.0296. The molecule has 0 spiro atoms. The third-order valence-electron chi connectivity index (χ3n) is 2.42. The number of aryl methyl sites for hydroxylation is 2. The zero-order valence-corrected chi connectivity index (χ0v) is 8.75. The first-order valence-electron chi connectivity index (χ1n) is 4.82. The molecule has 0 heterocycles. The standard InChI is InChI=1S/C11H18N2O/c1-7-5-9(10(13)3-4-12)6-8(2)11(7)14/h5-6,10,14H,3-4,12-13H2,1-2H3. The summed E-state index contributed by atoms with van der Waals surface area (Å²) in [7, 11) is 0. The van der Waals surface area contributed by atoms with Gasteiger partial charge in [0, 0.05) is 6.04 Å². The summed E-state index contributed by atoms with van der Waals surface area (Å²) in [6, 6.07) is 3.81. The van der Waals surface area contributed by atoms with Crippen LogP contribution < -0.4 is 11.5 Å². The molecule has 0 saturated carbocycles. The number of phenolic OH excluding ortho intramolecular Hbond substituents is 1. The van der Waals surface area contributed by atoms with Gasteiger partial charge in [-0.25, -0.2) is 0 Å². The molecule has 0 aliphatic carbocycles. The van der Waals surface area contributed by atoms with Crippen molar-refractivity contribution in [2.24, 2.45) is 11.5 Å². The maximum absolute atomic E-state index is 9.58. The van der Waals surface area contributed by atoms with Crippen LogP contribution in [-0.2, 0) is 0 Å². The Bertz CT molecular complexity index is 300. The minimum Gasteiger partial charge on any atom is -0.507 e. The van der Waals surface area contributed by atoms with Gasteiger partial charge in [0.05, 0.1) is 0 Å². The van der Waals surface area contributed by atoms with E-state index in [0.717, 1.165) is 23.1 Å². The summed E-state index contributed by atoms with van der Waals surface area (Å²) in [5.41, 5.74) is 14.2. The molecule has 0 amide bonds. The van der Waals surface area contributed by atoms with Crippen LogP contribution in [0.3, 0.4) is 0 Å². The molecule has 3 nitrogen and oxygen atoms in total. The summed E-state index contributed by atoms with van der Waals surface area (Å²) in [6.45, 7) is 4.34. The largest absolute Gasteiger partial charge is 0.507 e. The van der Waals surface area contributed by atoms with Crippen molar-refractivity contribution in [3.63, 3.8) is 0 Å². The Balaban J connectivity index is 3.00. The van der Waals surface area contributed by atoms with Crippen molar-refractivity contribution in [2.75, 3.05) is 6.54 Å². The molecule has 0 radical (unpaired) electrons. The van der Waals surface area contributed by atoms with Crippen LogP contribution in [0.2, 0.25) is 0 Å². The molecule has 0 fully saturated rings. The van der Waals surface area contributed by atoms with Gasteiger partial charge in [-0.15, -0.1) is 0 Å². The third kappa shape index (κ3) is 2.25. The van der Waals surface area contributed by atoms with Crippen LogP contribution in [0.1, 0.15) is 29.2 Å². The monoisotopic (exact) mass is 194 g/mol. The Morgan fingerprint density at radius 1 is 1.29 bits per heavy atom. The van der Waals surface area contributed by atoms with Crippen molar-refractivity contribution >= 4 is 0 Å². The second kappa shape index (κ2) is 4.44. The molecule has 0 aromatic heterocycles. The molecule has 0 saturated heterocycles. The maximum atomic E-state index is 9.58. The second-order valence-electron chi connectivity index (χ2n) is 3.69. The summed E-state index contributed by atoms with van der Waals surface area (Å²) >= 11 is 0. The van der Waals surface area contributed by atoms with Gasteiger partial charge >= 0.3 is 0 Å². The molecule has 1 unspecified atom stereocenters. The van der Waals surface area contributed by atoms with Gasteiger partial charge in [-0.05, 0) is 43.5 Å². The van der Waals surface area contributed by atoms with Crippen LogP contribution in [0.15, 0.2) is 12.1 Å². The van der Waals surface area contributed by atoms with Gasteiger partial charge in [0.15, 0.2) is 0 Å². The van der Waals surface area contributed by atoms with Crippen molar-refractivity contribution in [3.8, 4) is 5.75 Å². The lowest BCUT2D eigenvalue weighted by molar-refractivity contribution is 0.466. The Hall–Kier alpha value is -1.06. The first-order chi connectivity index (χ1) is 6.56. The second-order valence-corrected chi connectivity index (χ2v) is 3.69. The summed E-state index contributed by atoms with van der Waals surface area (Å²) in [4.78, 5) is 0. The number of phenols is 1. The first kappa shape index (κ1) is 11.0. The van der Waals surface area contributed by atoms with E-state index in [1.165, 1.54) is 0 Å². The lowest BCUT2D eigenvalue weighted by atomic mass is 9.99. The van der Waals surface area contributed by atoms with E-state index in [0.29, 0.717) is 12.3 Å². The van der Waals surface area contributed by atoms with E-state index in [1.54, 1.807) is 0 Å². The molecule has 1 rings (SSSR count). The topological polar surface area (TPSA) is 72.3 Å². The Labute approximate surface area is 84.7 Å². The van der Waals surface area contributed by atoms with Crippen LogP contribution >= 0.6 is 0 Å². The highest BCUT2D eigenvalue weighted by Crippen LogP contribution is 2.26. The fourth-order valence-corrected chi connectivity index (χ4v) is 1.55. The van der Waals surface area contributed by atoms with E-state index in [-0.39, 0.29) is 6.04 Å². The van der Waals surface area contributed by atoms with E-state index < -0.39 is 0 Å². The highest BCUT2D eigenvalue weighted by Gasteiger charge is 2.08. The molecule has 0 aliphatic heterocycles. The average molecular weight is 194 g/mol. The summed E-state index contributed by atoms with van der Waals surface area (Å²) in [6.07, 6.45) is 0.768. The quantitative estimate of drug-likeness (QED) is 0.680. The van der Waals surface area contributed by atoms with E-state index >= 15 is 0 Å². The number of nitrogens with two attached hydrogens (primary N) is 2. The van der Waals surface area contributed by atoms with Crippen LogP contribution in [0.4, 0.5) is 0 Å². The molecule has 1 atom stereocenters. The molecule has 78 valence electrons. The van der Waals surface area contributed by atoms with Crippen LogP contribution in [0.25, 0.3) is 0 Å². The highest BCUT2D eigenvalue weighted by molar-refractivity contribution is 5.43. The first-order valence-corrected chi connectivity index (χ1v) is 4.82. The highest BCUT2D eigenvalue weighted by atomic mass is 16.3. The third-order valence-corrected chi connectivity index (χ3v) is 2.42. The van der Waals surface area contributed by atoms with Crippen LogP contribution in [0, 0.1) is 13.8 Å². The summed E-state index contributed by atoms with van der Waals surface area (Å²) in [5.74, 6) is 0.355. The van der Waals surface area contributed by atoms with E-state index in [4.69, 9.17) is 11.5 Å². The van der Waals surface area contributed by atoms with Crippen LogP contribution in [-0.4, -0.2) is 11.7 Å². The van der Waals surface area contributed by atoms with Gasteiger partial charge in [0.2, 0.25) is 0 Å². The lowest BCUT2D eigenvalue weighted by Crippen LogP contribution is -2.15. The van der Waals surface area contributed by atoms with Gasteiger partial charge in [-0.1, -0.05) is 12.1 Å². The van der Waals surface area contributed by atoms with Crippen molar-refractivity contribution in [1.82, 2.24) is 0 Å². The predicted octanol–water partition coefficient (Wildman–Crippen LogP) is 1.36. The zero-order chi connectivity index (χ0) is 10.7. The normalized spacial score (nSPS) is 12.9. The maximum Gasteiger partial charge on any atom is 0.121 e. The number of hydrogen-bond donors (Lipinski definition) is 3. The molecule has 0 aliphatic rings. The minimum absolute atomic E-state index is 0.0296. The van der Waals surface area contributed by atoms with Gasteiger partial charge in [-0.3, -0.25) is 0 Å². The molecule has 14 heavy (non-hydrogen) atoms. The van der Waals surface area contributed by atoms with Crippen LogP contribution in [0.5, 0.6) is 5.75 Å². The van der Waals surface area contributed by atoms with Crippen molar-refractivity contribution in [3.05, 3.63) is 28.8 Å². The Kier molecular flexibility index (Phi) is 3.49. The van der Waals surface area contributed by atoms with Gasteiger partial charge < -0.3 is 16.6 Å². The Morgan fingerprint density at radius 2 is 1.79 bits per heavy atom. The summed E-state index contributed by atoms with van der Waals surface area (Å²) in [5, 5.41) is 9.58. The van der Waals surface area contributed by atoms with Gasteiger partial charge in [0.1, 0.15) is 5.75 Å². The van der Waals surface area contributed by atoms with E-state index in [1.807, 2.05) is 26.0 Å². The van der Waals surface area contributed by atoms with Gasteiger partial charge in [0.25, 0.3) is 0 Å². The number of hydrogen-bond acceptors (Lipinski definition) is 3. The van der Waals surface area contributed by atoms with E-state index in [2.05, 4.69) is 0 Å². The average Bonchev–Trinajstić information content (AvgIpc) is 2.13. The molecule has 5 N–H and O–H groups in total. The fraction of sp³-hybridized carbons (Fsp3) is 0.455. The number of aromatic hydroxyl groups is 1. The van der Waals surface area contributed by atoms with Crippen molar-refractivity contribution in [1.29, 1.82) is 0 Å². The predicted molar refractivity (Wildman–Crippen MR) is 58.2 cm³/mol. The molecule has 3 heteroatoms. The number of rotatable bonds is 3. The molecular weight excluding hydrogens is 176 g/mol.